The van der Waals surface area contributed by atoms with Crippen LogP contribution in [0.4, 0.5) is 0 Å². The van der Waals surface area contributed by atoms with Crippen LogP contribution in [0.3, 0.4) is 0 Å². The fraction of sp³-hybridized carbons (Fsp3) is 0.217. The number of nitrogens with zero attached hydrogens (tertiary/aromatic N) is 5. The third-order valence-electron chi connectivity index (χ3n) is 5.82. The van der Waals surface area contributed by atoms with Crippen LogP contribution in [0.1, 0.15) is 12.8 Å². The minimum Gasteiger partial charge on any atom is -0.376 e. The predicted molar refractivity (Wildman–Crippen MR) is 125 cm³/mol. The number of ether oxygens (including phenoxy) is 1. The number of aromatic nitrogens is 5. The van der Waals surface area contributed by atoms with Crippen LogP contribution in [0.5, 0.6) is 0 Å². The van der Waals surface area contributed by atoms with Crippen LogP contribution in [-0.4, -0.2) is 36.8 Å². The second-order valence-electron chi connectivity index (χ2n) is 7.85. The monoisotopic (exact) mass is 465 g/mol. The Labute approximate surface area is 192 Å². The Balaban J connectivity index is 1.69. The highest BCUT2D eigenvalue weighted by Gasteiger charge is 2.23. The number of hydrogen-bond acceptors (Lipinski definition) is 5. The van der Waals surface area contributed by atoms with Crippen molar-refractivity contribution in [1.29, 1.82) is 0 Å². The van der Waals surface area contributed by atoms with Gasteiger partial charge in [-0.3, -0.25) is 13.9 Å². The zero-order valence-corrected chi connectivity index (χ0v) is 18.3. The van der Waals surface area contributed by atoms with E-state index in [4.69, 9.17) is 37.9 Å². The third kappa shape index (κ3) is 3.08. The van der Waals surface area contributed by atoms with Gasteiger partial charge in [0.15, 0.2) is 11.3 Å². The summed E-state index contributed by atoms with van der Waals surface area (Å²) in [7, 11) is 0. The highest BCUT2D eigenvalue weighted by molar-refractivity contribution is 6.42. The molecule has 3 aromatic heterocycles. The normalized spacial score (nSPS) is 16.5. The Hall–Kier alpha value is -3.00. The molecule has 0 aliphatic carbocycles. The Kier molecular flexibility index (Phi) is 4.64. The molecule has 1 aliphatic rings. The van der Waals surface area contributed by atoms with Crippen molar-refractivity contribution in [1.82, 2.24) is 24.1 Å². The van der Waals surface area contributed by atoms with Gasteiger partial charge < -0.3 is 4.74 Å². The summed E-state index contributed by atoms with van der Waals surface area (Å²) >= 11 is 12.4. The number of hydrogen-bond donors (Lipinski definition) is 0. The van der Waals surface area contributed by atoms with Crippen LogP contribution in [0.25, 0.3) is 38.9 Å². The van der Waals surface area contributed by atoms with Crippen LogP contribution in [-0.2, 0) is 11.3 Å². The molecule has 6 rings (SSSR count). The van der Waals surface area contributed by atoms with Gasteiger partial charge in [0.2, 0.25) is 0 Å². The molecule has 1 saturated heterocycles. The number of fused-ring (bicyclic) bond motifs is 4. The number of rotatable bonds is 3. The molecule has 1 fully saturated rings. The van der Waals surface area contributed by atoms with E-state index in [1.165, 1.54) is 0 Å². The molecule has 2 aromatic carbocycles. The molecule has 1 aliphatic heterocycles. The first-order chi connectivity index (χ1) is 15.6. The summed E-state index contributed by atoms with van der Waals surface area (Å²) in [5, 5.41) is 1.27. The van der Waals surface area contributed by atoms with Gasteiger partial charge in [-0.05, 0) is 43.2 Å². The molecular formula is C23H17Cl2N5O2. The van der Waals surface area contributed by atoms with E-state index in [2.05, 4.69) is 4.98 Å². The molecule has 1 atom stereocenters. The van der Waals surface area contributed by atoms with E-state index >= 15 is 0 Å². The smallest absolute Gasteiger partial charge is 0.265 e. The van der Waals surface area contributed by atoms with Gasteiger partial charge in [-0.25, -0.2) is 15.0 Å². The van der Waals surface area contributed by atoms with Gasteiger partial charge in [0.25, 0.3) is 5.56 Å². The van der Waals surface area contributed by atoms with Crippen LogP contribution < -0.4 is 5.56 Å². The van der Waals surface area contributed by atoms with Crippen molar-refractivity contribution in [2.24, 2.45) is 0 Å². The largest absolute Gasteiger partial charge is 0.376 e. The Morgan fingerprint density at radius 3 is 2.59 bits per heavy atom. The van der Waals surface area contributed by atoms with Crippen LogP contribution in [0.2, 0.25) is 10.0 Å². The summed E-state index contributed by atoms with van der Waals surface area (Å²) in [6.45, 7) is 1.19. The molecule has 0 N–H and O–H groups in total. The maximum Gasteiger partial charge on any atom is 0.265 e. The van der Waals surface area contributed by atoms with E-state index in [0.717, 1.165) is 25.0 Å². The summed E-state index contributed by atoms with van der Waals surface area (Å²) in [4.78, 5) is 27.9. The fourth-order valence-electron chi connectivity index (χ4n) is 4.28. The molecule has 0 spiro atoms. The average Bonchev–Trinajstić information content (AvgIpc) is 3.42. The van der Waals surface area contributed by atoms with Crippen molar-refractivity contribution in [2.45, 2.75) is 25.5 Å². The van der Waals surface area contributed by atoms with E-state index in [1.54, 1.807) is 23.0 Å². The van der Waals surface area contributed by atoms with E-state index in [1.807, 2.05) is 34.9 Å². The quantitative estimate of drug-likeness (QED) is 0.383. The lowest BCUT2D eigenvalue weighted by Crippen LogP contribution is -2.26. The number of para-hydroxylation sites is 2. The molecule has 160 valence electrons. The molecule has 32 heavy (non-hydrogen) atoms. The summed E-state index contributed by atoms with van der Waals surface area (Å²) < 4.78 is 9.13. The molecule has 4 heterocycles. The second-order valence-corrected chi connectivity index (χ2v) is 8.67. The molecule has 5 aromatic rings. The first kappa shape index (κ1) is 19.7. The van der Waals surface area contributed by atoms with Crippen LogP contribution >= 0.6 is 23.2 Å². The van der Waals surface area contributed by atoms with Gasteiger partial charge >= 0.3 is 0 Å². The topological polar surface area (TPSA) is 74.8 Å². The van der Waals surface area contributed by atoms with E-state index in [9.17, 15) is 4.79 Å². The molecule has 0 bridgehead atoms. The van der Waals surface area contributed by atoms with E-state index < -0.39 is 0 Å². The second kappa shape index (κ2) is 7.55. The zero-order valence-electron chi connectivity index (χ0n) is 16.8. The molecule has 9 heteroatoms. The van der Waals surface area contributed by atoms with Crippen molar-refractivity contribution in [3.05, 3.63) is 69.2 Å². The highest BCUT2D eigenvalue weighted by Crippen LogP contribution is 2.31. The molecule has 0 amide bonds. The van der Waals surface area contributed by atoms with Crippen molar-refractivity contribution >= 4 is 56.4 Å². The molecule has 0 saturated carbocycles. The summed E-state index contributed by atoms with van der Waals surface area (Å²) in [5.74, 6) is 0. The lowest BCUT2D eigenvalue weighted by molar-refractivity contribution is 0.0960. The van der Waals surface area contributed by atoms with Gasteiger partial charge in [0.1, 0.15) is 17.2 Å². The van der Waals surface area contributed by atoms with Crippen molar-refractivity contribution in [2.75, 3.05) is 6.61 Å². The zero-order chi connectivity index (χ0) is 21.8. The first-order valence-electron chi connectivity index (χ1n) is 10.3. The molecule has 7 nitrogen and oxygen atoms in total. The van der Waals surface area contributed by atoms with Crippen LogP contribution in [0, 0.1) is 0 Å². The Bertz CT molecular complexity index is 1570. The van der Waals surface area contributed by atoms with Crippen molar-refractivity contribution in [3.63, 3.8) is 0 Å². The minimum atomic E-state index is -0.168. The average molecular weight is 466 g/mol. The summed E-state index contributed by atoms with van der Waals surface area (Å²) in [6.07, 6.45) is 3.52. The first-order valence-corrected chi connectivity index (χ1v) is 11.1. The minimum absolute atomic E-state index is 0.0160. The number of halogens is 2. The van der Waals surface area contributed by atoms with E-state index in [-0.39, 0.29) is 11.7 Å². The van der Waals surface area contributed by atoms with Crippen molar-refractivity contribution in [3.8, 4) is 5.69 Å². The lowest BCUT2D eigenvalue weighted by Gasteiger charge is -2.11. The van der Waals surface area contributed by atoms with Gasteiger partial charge in [-0.2, -0.15) is 0 Å². The predicted octanol–water partition coefficient (Wildman–Crippen LogP) is 4.77. The summed E-state index contributed by atoms with van der Waals surface area (Å²) in [6, 6.07) is 12.8. The molecular weight excluding hydrogens is 449 g/mol. The highest BCUT2D eigenvalue weighted by atomic mass is 35.5. The fourth-order valence-corrected chi connectivity index (χ4v) is 4.57. The van der Waals surface area contributed by atoms with Gasteiger partial charge in [0, 0.05) is 6.61 Å². The summed E-state index contributed by atoms with van der Waals surface area (Å²) in [5.41, 5.74) is 3.49. The Morgan fingerprint density at radius 2 is 1.84 bits per heavy atom. The Morgan fingerprint density at radius 1 is 1.03 bits per heavy atom. The standard InChI is InChI=1S/C23H17Cl2N5O2/c24-15-8-7-13(10-16(15)25)30-21-19(20-22(30)28-18-6-2-1-5-17(18)27-20)23(31)29(12-26-21)11-14-4-3-9-32-14/h1-2,5-8,10,12,14H,3-4,9,11H2/t14-/m1/s1. The molecule has 0 unspecified atom stereocenters. The van der Waals surface area contributed by atoms with Crippen LogP contribution in [0.15, 0.2) is 53.6 Å². The SMILES string of the molecule is O=c1c2c3nc4ccccc4nc3n(-c3ccc(Cl)c(Cl)c3)c2ncn1C[C@H]1CCCO1. The third-order valence-corrected chi connectivity index (χ3v) is 6.56. The van der Waals surface area contributed by atoms with E-state index in [0.29, 0.717) is 50.0 Å². The number of benzene rings is 2. The van der Waals surface area contributed by atoms with Gasteiger partial charge in [0.05, 0.1) is 39.4 Å². The molecule has 0 radical (unpaired) electrons. The lowest BCUT2D eigenvalue weighted by atomic mass is 10.2. The van der Waals surface area contributed by atoms with Gasteiger partial charge in [-0.15, -0.1) is 0 Å². The maximum absolute atomic E-state index is 13.6. The van der Waals surface area contributed by atoms with Gasteiger partial charge in [-0.1, -0.05) is 35.3 Å². The maximum atomic E-state index is 13.6. The van der Waals surface area contributed by atoms with Crippen molar-refractivity contribution < 1.29 is 4.74 Å².